The van der Waals surface area contributed by atoms with Crippen molar-refractivity contribution in [3.63, 3.8) is 0 Å². The minimum Gasteiger partial charge on any atom is -0.349 e. The molecule has 0 saturated carbocycles. The number of carbonyl (C=O) groups excluding carboxylic acids is 2. The number of benzene rings is 1. The lowest BCUT2D eigenvalue weighted by molar-refractivity contribution is 0.0948. The summed E-state index contributed by atoms with van der Waals surface area (Å²) in [6.07, 6.45) is 1.73. The first-order chi connectivity index (χ1) is 13.9. The number of hydrogen-bond acceptors (Lipinski definition) is 4. The highest BCUT2D eigenvalue weighted by molar-refractivity contribution is 6.06. The van der Waals surface area contributed by atoms with Crippen molar-refractivity contribution in [1.29, 1.82) is 0 Å². The van der Waals surface area contributed by atoms with Crippen LogP contribution in [0, 0.1) is 0 Å². The van der Waals surface area contributed by atoms with E-state index in [9.17, 15) is 9.59 Å². The van der Waals surface area contributed by atoms with E-state index in [-0.39, 0.29) is 23.3 Å². The van der Waals surface area contributed by atoms with Crippen molar-refractivity contribution < 1.29 is 9.59 Å². The van der Waals surface area contributed by atoms with E-state index in [4.69, 9.17) is 0 Å². The minimum atomic E-state index is -0.365. The third-order valence-corrected chi connectivity index (χ3v) is 4.65. The van der Waals surface area contributed by atoms with Crippen LogP contribution in [0.25, 0.3) is 5.52 Å². The number of anilines is 1. The summed E-state index contributed by atoms with van der Waals surface area (Å²) < 4.78 is 1.64. The van der Waals surface area contributed by atoms with Gasteiger partial charge in [0.15, 0.2) is 5.69 Å². The summed E-state index contributed by atoms with van der Waals surface area (Å²) in [5.41, 5.74) is 2.72. The molecule has 0 fully saturated rings. The zero-order valence-corrected chi connectivity index (χ0v) is 17.3. The van der Waals surface area contributed by atoms with Crippen LogP contribution < -0.4 is 10.6 Å². The maximum Gasteiger partial charge on any atom is 0.292 e. The number of likely N-dealkylation sites (N-methyl/N-ethyl adjacent to an activating group) is 1. The van der Waals surface area contributed by atoms with Gasteiger partial charge in [-0.3, -0.25) is 14.0 Å². The molecule has 0 aliphatic heterocycles. The molecule has 7 heteroatoms. The van der Waals surface area contributed by atoms with Crippen LogP contribution in [-0.4, -0.2) is 53.3 Å². The second-order valence-electron chi connectivity index (χ2n) is 7.53. The van der Waals surface area contributed by atoms with E-state index >= 15 is 0 Å². The summed E-state index contributed by atoms with van der Waals surface area (Å²) in [5, 5.41) is 5.72. The maximum absolute atomic E-state index is 12.9. The predicted molar refractivity (Wildman–Crippen MR) is 115 cm³/mol. The van der Waals surface area contributed by atoms with Gasteiger partial charge in [0.25, 0.3) is 11.8 Å². The number of carbonyl (C=O) groups is 2. The number of hydrogen-bond donors (Lipinski definition) is 2. The Morgan fingerprint density at radius 1 is 1.07 bits per heavy atom. The van der Waals surface area contributed by atoms with Gasteiger partial charge in [-0.25, -0.2) is 4.98 Å². The van der Waals surface area contributed by atoms with Crippen molar-refractivity contribution in [2.45, 2.75) is 19.8 Å². The Labute approximate surface area is 170 Å². The van der Waals surface area contributed by atoms with Crippen LogP contribution in [0.15, 0.2) is 48.7 Å². The zero-order valence-electron chi connectivity index (χ0n) is 17.3. The Morgan fingerprint density at radius 2 is 1.79 bits per heavy atom. The normalized spacial score (nSPS) is 11.2. The van der Waals surface area contributed by atoms with E-state index in [0.717, 1.165) is 6.54 Å². The summed E-state index contributed by atoms with van der Waals surface area (Å²) in [6.45, 7) is 5.46. The number of nitrogens with zero attached hydrogens (tertiary/aromatic N) is 3. The monoisotopic (exact) mass is 393 g/mol. The summed E-state index contributed by atoms with van der Waals surface area (Å²) in [7, 11) is 3.88. The lowest BCUT2D eigenvalue weighted by atomic mass is 10.0. The third kappa shape index (κ3) is 4.81. The molecule has 2 heterocycles. The SMILES string of the molecule is CC(C)c1ccc(NC(=O)c2nc(C(=O)NCCN(C)C)c3ccccn23)cc1. The minimum absolute atomic E-state index is 0.172. The molecule has 2 aromatic heterocycles. The van der Waals surface area contributed by atoms with Crippen LogP contribution in [0.2, 0.25) is 0 Å². The fourth-order valence-corrected chi connectivity index (χ4v) is 2.98. The van der Waals surface area contributed by atoms with Gasteiger partial charge < -0.3 is 15.5 Å². The molecule has 0 unspecified atom stereocenters. The van der Waals surface area contributed by atoms with Gasteiger partial charge in [-0.1, -0.05) is 32.0 Å². The van der Waals surface area contributed by atoms with Gasteiger partial charge in [-0.05, 0) is 49.8 Å². The number of aromatic nitrogens is 2. The van der Waals surface area contributed by atoms with E-state index in [1.165, 1.54) is 5.56 Å². The molecular formula is C22H27N5O2. The van der Waals surface area contributed by atoms with Crippen molar-refractivity contribution >= 4 is 23.0 Å². The average Bonchev–Trinajstić information content (AvgIpc) is 3.08. The van der Waals surface area contributed by atoms with Gasteiger partial charge in [-0.2, -0.15) is 0 Å². The van der Waals surface area contributed by atoms with Crippen LogP contribution in [0.4, 0.5) is 5.69 Å². The highest BCUT2D eigenvalue weighted by atomic mass is 16.2. The standard InChI is InChI=1S/C22H27N5O2/c1-15(2)16-8-10-17(11-9-16)24-22(29)20-25-19(18-7-5-6-13-27(18)20)21(28)23-12-14-26(3)4/h5-11,13,15H,12,14H2,1-4H3,(H,23,28)(H,24,29). The number of nitrogens with one attached hydrogen (secondary N) is 2. The first kappa shape index (κ1) is 20.5. The van der Waals surface area contributed by atoms with Crippen molar-refractivity contribution in [3.8, 4) is 0 Å². The maximum atomic E-state index is 12.9. The third-order valence-electron chi connectivity index (χ3n) is 4.65. The highest BCUT2D eigenvalue weighted by Crippen LogP contribution is 2.19. The smallest absolute Gasteiger partial charge is 0.292 e. The molecule has 2 amide bonds. The van der Waals surface area contributed by atoms with Gasteiger partial charge in [-0.15, -0.1) is 0 Å². The van der Waals surface area contributed by atoms with Gasteiger partial charge >= 0.3 is 0 Å². The average molecular weight is 393 g/mol. The van der Waals surface area contributed by atoms with E-state index in [1.807, 2.05) is 49.3 Å². The number of imidazole rings is 1. The van der Waals surface area contributed by atoms with Crippen LogP contribution in [0.1, 0.15) is 46.4 Å². The number of amides is 2. The zero-order chi connectivity index (χ0) is 21.0. The second-order valence-corrected chi connectivity index (χ2v) is 7.53. The number of pyridine rings is 1. The van der Waals surface area contributed by atoms with Crippen molar-refractivity contribution in [2.75, 3.05) is 32.5 Å². The summed E-state index contributed by atoms with van der Waals surface area (Å²) in [6, 6.07) is 13.1. The molecule has 152 valence electrons. The Kier molecular flexibility index (Phi) is 6.29. The topological polar surface area (TPSA) is 78.7 Å². The lowest BCUT2D eigenvalue weighted by Crippen LogP contribution is -2.31. The van der Waals surface area contributed by atoms with Gasteiger partial charge in [0, 0.05) is 25.0 Å². The number of fused-ring (bicyclic) bond motifs is 1. The van der Waals surface area contributed by atoms with Crippen LogP contribution in [-0.2, 0) is 0 Å². The molecule has 7 nitrogen and oxygen atoms in total. The second kappa shape index (κ2) is 8.87. The highest BCUT2D eigenvalue weighted by Gasteiger charge is 2.21. The molecule has 3 rings (SSSR count). The molecule has 0 radical (unpaired) electrons. The Bertz CT molecular complexity index is 1010. The summed E-state index contributed by atoms with van der Waals surface area (Å²) in [4.78, 5) is 31.8. The summed E-state index contributed by atoms with van der Waals surface area (Å²) >= 11 is 0. The van der Waals surface area contributed by atoms with Crippen LogP contribution >= 0.6 is 0 Å². The molecule has 1 aromatic carbocycles. The van der Waals surface area contributed by atoms with Crippen LogP contribution in [0.3, 0.4) is 0 Å². The fourth-order valence-electron chi connectivity index (χ4n) is 2.98. The van der Waals surface area contributed by atoms with Crippen molar-refractivity contribution in [2.24, 2.45) is 0 Å². The van der Waals surface area contributed by atoms with Gasteiger partial charge in [0.2, 0.25) is 5.82 Å². The molecule has 0 spiro atoms. The molecule has 3 aromatic rings. The lowest BCUT2D eigenvalue weighted by Gasteiger charge is -2.09. The molecule has 0 atom stereocenters. The van der Waals surface area contributed by atoms with Crippen molar-refractivity contribution in [1.82, 2.24) is 19.6 Å². The predicted octanol–water partition coefficient (Wildman–Crippen LogP) is 3.00. The first-order valence-electron chi connectivity index (χ1n) is 9.68. The van der Waals surface area contributed by atoms with Gasteiger partial charge in [0.05, 0.1) is 5.52 Å². The molecule has 0 aliphatic carbocycles. The Hall–Kier alpha value is -3.19. The summed E-state index contributed by atoms with van der Waals surface area (Å²) in [5.74, 6) is -0.0671. The molecule has 0 saturated heterocycles. The quantitative estimate of drug-likeness (QED) is 0.647. The van der Waals surface area contributed by atoms with E-state index < -0.39 is 0 Å². The van der Waals surface area contributed by atoms with Gasteiger partial charge in [0.1, 0.15) is 0 Å². The molecular weight excluding hydrogens is 366 g/mol. The fraction of sp³-hybridized carbons (Fsp3) is 0.318. The van der Waals surface area contributed by atoms with Crippen LogP contribution in [0.5, 0.6) is 0 Å². The number of rotatable bonds is 7. The van der Waals surface area contributed by atoms with Crippen molar-refractivity contribution in [3.05, 3.63) is 65.7 Å². The largest absolute Gasteiger partial charge is 0.349 e. The molecule has 0 aliphatic rings. The first-order valence-corrected chi connectivity index (χ1v) is 9.68. The molecule has 2 N–H and O–H groups in total. The Balaban J connectivity index is 1.83. The van der Waals surface area contributed by atoms with E-state index in [1.54, 1.807) is 22.7 Å². The van der Waals surface area contributed by atoms with E-state index in [0.29, 0.717) is 23.7 Å². The van der Waals surface area contributed by atoms with E-state index in [2.05, 4.69) is 29.5 Å². The molecule has 0 bridgehead atoms. The Morgan fingerprint density at radius 3 is 2.45 bits per heavy atom. The molecule has 29 heavy (non-hydrogen) atoms.